The fourth-order valence-electron chi connectivity index (χ4n) is 3.15. The summed E-state index contributed by atoms with van der Waals surface area (Å²) in [7, 11) is 0. The Bertz CT molecular complexity index is 594. The largest absolute Gasteiger partial charge is 0.272 e. The first kappa shape index (κ1) is 13.6. The van der Waals surface area contributed by atoms with Gasteiger partial charge in [0, 0.05) is 12.1 Å². The number of hydrogen-bond acceptors (Lipinski definition) is 2. The average Bonchev–Trinajstić information content (AvgIpc) is 2.88. The summed E-state index contributed by atoms with van der Waals surface area (Å²) in [5.41, 5.74) is 1.10. The van der Waals surface area contributed by atoms with Gasteiger partial charge >= 0.3 is 0 Å². The third-order valence-corrected chi connectivity index (χ3v) is 4.53. The first-order valence-electron chi connectivity index (χ1n) is 7.56. The van der Waals surface area contributed by atoms with E-state index in [1.165, 1.54) is 38.5 Å². The second kappa shape index (κ2) is 6.35. The predicted octanol–water partition coefficient (Wildman–Crippen LogP) is 4.44. The number of para-hydroxylation sites is 1. The number of benzene rings is 1. The normalized spacial score (nSPS) is 16.4. The van der Waals surface area contributed by atoms with Crippen molar-refractivity contribution in [1.82, 2.24) is 14.8 Å². The number of aromatic amines is 1. The van der Waals surface area contributed by atoms with Crippen molar-refractivity contribution in [1.29, 1.82) is 0 Å². The van der Waals surface area contributed by atoms with Gasteiger partial charge < -0.3 is 0 Å². The number of aryl methyl sites for hydroxylation is 1. The van der Waals surface area contributed by atoms with Crippen molar-refractivity contribution in [2.75, 3.05) is 0 Å². The van der Waals surface area contributed by atoms with Gasteiger partial charge in [-0.1, -0.05) is 50.3 Å². The van der Waals surface area contributed by atoms with E-state index in [4.69, 9.17) is 12.2 Å². The first-order chi connectivity index (χ1) is 9.84. The third kappa shape index (κ3) is 3.01. The van der Waals surface area contributed by atoms with E-state index in [-0.39, 0.29) is 0 Å². The Kier molecular flexibility index (Phi) is 4.31. The molecule has 0 radical (unpaired) electrons. The quantitative estimate of drug-likeness (QED) is 0.843. The summed E-state index contributed by atoms with van der Waals surface area (Å²) in [6.07, 6.45) is 9.22. The molecule has 0 amide bonds. The molecule has 1 aliphatic rings. The minimum atomic E-state index is 0.690. The van der Waals surface area contributed by atoms with Crippen LogP contribution < -0.4 is 0 Å². The molecule has 1 aromatic heterocycles. The van der Waals surface area contributed by atoms with E-state index in [0.717, 1.165) is 23.9 Å². The maximum atomic E-state index is 5.37. The molecule has 0 aliphatic heterocycles. The van der Waals surface area contributed by atoms with Gasteiger partial charge in [-0.15, -0.1) is 0 Å². The molecule has 3 nitrogen and oxygen atoms in total. The van der Waals surface area contributed by atoms with Crippen molar-refractivity contribution in [3.8, 4) is 5.69 Å². The Balaban J connectivity index is 1.75. The Morgan fingerprint density at radius 2 is 1.90 bits per heavy atom. The number of hydrogen-bond donors (Lipinski definition) is 1. The van der Waals surface area contributed by atoms with Gasteiger partial charge in [0.15, 0.2) is 4.77 Å². The SMILES string of the molecule is S=c1[nH]nc(CCC2CCCCC2)n1-c1ccccc1. The molecular formula is C16H21N3S. The summed E-state index contributed by atoms with van der Waals surface area (Å²) in [6, 6.07) is 10.3. The fraction of sp³-hybridized carbons (Fsp3) is 0.500. The number of nitrogens with zero attached hydrogens (tertiary/aromatic N) is 2. The molecule has 1 aliphatic carbocycles. The smallest absolute Gasteiger partial charge is 0.199 e. The van der Waals surface area contributed by atoms with Gasteiger partial charge in [0.1, 0.15) is 5.82 Å². The van der Waals surface area contributed by atoms with Gasteiger partial charge in [0.2, 0.25) is 0 Å². The minimum Gasteiger partial charge on any atom is -0.272 e. The van der Waals surface area contributed by atoms with Crippen molar-refractivity contribution in [3.63, 3.8) is 0 Å². The van der Waals surface area contributed by atoms with Crippen LogP contribution in [0.3, 0.4) is 0 Å². The van der Waals surface area contributed by atoms with Crippen LogP contribution in [0.2, 0.25) is 0 Å². The highest BCUT2D eigenvalue weighted by Crippen LogP contribution is 2.27. The molecule has 0 unspecified atom stereocenters. The van der Waals surface area contributed by atoms with E-state index in [1.54, 1.807) is 0 Å². The molecule has 106 valence electrons. The standard InChI is InChI=1S/C16H21N3S/c20-16-18-17-15(12-11-13-7-3-1-4-8-13)19(16)14-9-5-2-6-10-14/h2,5-6,9-10,13H,1,3-4,7-8,11-12H2,(H,18,20). The second-order valence-electron chi connectivity index (χ2n) is 5.66. The van der Waals surface area contributed by atoms with Crippen LogP contribution >= 0.6 is 12.2 Å². The number of H-pyrrole nitrogens is 1. The van der Waals surface area contributed by atoms with E-state index < -0.39 is 0 Å². The minimum absolute atomic E-state index is 0.690. The number of aromatic nitrogens is 3. The van der Waals surface area contributed by atoms with Gasteiger partial charge in [-0.2, -0.15) is 5.10 Å². The Labute approximate surface area is 125 Å². The third-order valence-electron chi connectivity index (χ3n) is 4.26. The van der Waals surface area contributed by atoms with Crippen LogP contribution in [0, 0.1) is 10.7 Å². The second-order valence-corrected chi connectivity index (χ2v) is 6.05. The highest BCUT2D eigenvalue weighted by atomic mass is 32.1. The zero-order chi connectivity index (χ0) is 13.8. The molecule has 1 N–H and O–H groups in total. The van der Waals surface area contributed by atoms with Crippen molar-refractivity contribution >= 4 is 12.2 Å². The summed E-state index contributed by atoms with van der Waals surface area (Å²) >= 11 is 5.37. The highest BCUT2D eigenvalue weighted by molar-refractivity contribution is 7.71. The molecule has 4 heteroatoms. The molecule has 3 rings (SSSR count). The summed E-state index contributed by atoms with van der Waals surface area (Å²) < 4.78 is 2.76. The molecule has 0 spiro atoms. The van der Waals surface area contributed by atoms with Crippen molar-refractivity contribution in [2.24, 2.45) is 5.92 Å². The van der Waals surface area contributed by atoms with Crippen LogP contribution in [-0.4, -0.2) is 14.8 Å². The summed E-state index contributed by atoms with van der Waals surface area (Å²) in [5, 5.41) is 7.36. The van der Waals surface area contributed by atoms with E-state index in [9.17, 15) is 0 Å². The fourth-order valence-corrected chi connectivity index (χ4v) is 3.41. The van der Waals surface area contributed by atoms with Crippen LogP contribution in [0.15, 0.2) is 30.3 Å². The average molecular weight is 287 g/mol. The summed E-state index contributed by atoms with van der Waals surface area (Å²) in [6.45, 7) is 0. The van der Waals surface area contributed by atoms with E-state index in [0.29, 0.717) is 4.77 Å². The van der Waals surface area contributed by atoms with Crippen LogP contribution in [0.5, 0.6) is 0 Å². The first-order valence-corrected chi connectivity index (χ1v) is 7.97. The van der Waals surface area contributed by atoms with Gasteiger partial charge in [-0.3, -0.25) is 9.67 Å². The van der Waals surface area contributed by atoms with Gasteiger partial charge in [0.25, 0.3) is 0 Å². The summed E-state index contributed by atoms with van der Waals surface area (Å²) in [5.74, 6) is 1.94. The van der Waals surface area contributed by atoms with Crippen LogP contribution in [0.1, 0.15) is 44.3 Å². The molecule has 0 atom stereocenters. The topological polar surface area (TPSA) is 33.6 Å². The summed E-state index contributed by atoms with van der Waals surface area (Å²) in [4.78, 5) is 0. The molecule has 20 heavy (non-hydrogen) atoms. The predicted molar refractivity (Wildman–Crippen MR) is 83.6 cm³/mol. The Morgan fingerprint density at radius 1 is 1.15 bits per heavy atom. The molecule has 2 aromatic rings. The molecule has 0 bridgehead atoms. The molecule has 1 heterocycles. The molecule has 0 saturated heterocycles. The lowest BCUT2D eigenvalue weighted by molar-refractivity contribution is 0.337. The maximum absolute atomic E-state index is 5.37. The van der Waals surface area contributed by atoms with E-state index in [2.05, 4.69) is 26.9 Å². The van der Waals surface area contributed by atoms with Crippen LogP contribution in [0.25, 0.3) is 5.69 Å². The zero-order valence-corrected chi connectivity index (χ0v) is 12.5. The van der Waals surface area contributed by atoms with Crippen molar-refractivity contribution in [2.45, 2.75) is 44.9 Å². The molecule has 1 aromatic carbocycles. The lowest BCUT2D eigenvalue weighted by Gasteiger charge is -2.21. The van der Waals surface area contributed by atoms with E-state index in [1.807, 2.05) is 18.2 Å². The maximum Gasteiger partial charge on any atom is 0.199 e. The lowest BCUT2D eigenvalue weighted by atomic mass is 9.86. The van der Waals surface area contributed by atoms with Gasteiger partial charge in [0.05, 0.1) is 0 Å². The zero-order valence-electron chi connectivity index (χ0n) is 11.7. The lowest BCUT2D eigenvalue weighted by Crippen LogP contribution is -2.09. The number of nitrogens with one attached hydrogen (secondary N) is 1. The van der Waals surface area contributed by atoms with Crippen molar-refractivity contribution < 1.29 is 0 Å². The van der Waals surface area contributed by atoms with Crippen LogP contribution in [0.4, 0.5) is 0 Å². The highest BCUT2D eigenvalue weighted by Gasteiger charge is 2.15. The molecular weight excluding hydrogens is 266 g/mol. The van der Waals surface area contributed by atoms with Gasteiger partial charge in [-0.25, -0.2) is 0 Å². The molecule has 1 saturated carbocycles. The van der Waals surface area contributed by atoms with Gasteiger partial charge in [-0.05, 0) is 36.7 Å². The Morgan fingerprint density at radius 3 is 2.65 bits per heavy atom. The monoisotopic (exact) mass is 287 g/mol. The van der Waals surface area contributed by atoms with Crippen molar-refractivity contribution in [3.05, 3.63) is 40.9 Å². The number of rotatable bonds is 4. The Hall–Kier alpha value is -1.42. The van der Waals surface area contributed by atoms with E-state index >= 15 is 0 Å². The molecule has 1 fully saturated rings. The van der Waals surface area contributed by atoms with Crippen LogP contribution in [-0.2, 0) is 6.42 Å².